The number of hydrogen-bond donors (Lipinski definition) is 1. The largest absolute Gasteiger partial charge is 0.496 e. The van der Waals surface area contributed by atoms with Crippen molar-refractivity contribution in [3.05, 3.63) is 64.4 Å². The molecule has 0 saturated heterocycles. The molecule has 0 aliphatic carbocycles. The summed E-state index contributed by atoms with van der Waals surface area (Å²) in [6.45, 7) is 3.71. The first-order valence-corrected chi connectivity index (χ1v) is 12.3. The van der Waals surface area contributed by atoms with Gasteiger partial charge in [-0.1, -0.05) is 62.2 Å². The first-order chi connectivity index (χ1) is 16.1. The van der Waals surface area contributed by atoms with Gasteiger partial charge in [-0.3, -0.25) is 14.6 Å². The molecular formula is C25H29N4O3S+. The van der Waals surface area contributed by atoms with Crippen LogP contribution in [0, 0.1) is 0 Å². The van der Waals surface area contributed by atoms with E-state index in [4.69, 9.17) is 9.84 Å². The molecule has 2 aromatic carbocycles. The Kier molecular flexibility index (Phi) is 7.13. The molecule has 0 fully saturated rings. The fourth-order valence-electron chi connectivity index (χ4n) is 4.24. The number of hydrogen-bond acceptors (Lipinski definition) is 5. The van der Waals surface area contributed by atoms with Crippen molar-refractivity contribution >= 4 is 23.4 Å². The molecule has 1 amide bonds. The quantitative estimate of drug-likeness (QED) is 0.305. The van der Waals surface area contributed by atoms with E-state index in [2.05, 4.69) is 11.9 Å². The molecule has 8 heteroatoms. The summed E-state index contributed by atoms with van der Waals surface area (Å²) in [5.74, 6) is 1.35. The summed E-state index contributed by atoms with van der Waals surface area (Å²) in [7, 11) is 1.60. The maximum atomic E-state index is 13.3. The monoisotopic (exact) mass is 465 g/mol. The van der Waals surface area contributed by atoms with Crippen molar-refractivity contribution in [2.75, 3.05) is 17.8 Å². The number of aromatic nitrogens is 3. The Morgan fingerprint density at radius 2 is 1.91 bits per heavy atom. The summed E-state index contributed by atoms with van der Waals surface area (Å²) < 4.78 is 7.30. The highest BCUT2D eigenvalue weighted by Crippen LogP contribution is 2.39. The molecule has 1 aliphatic rings. The lowest BCUT2D eigenvalue weighted by atomic mass is 10.0. The van der Waals surface area contributed by atoms with Gasteiger partial charge < -0.3 is 4.74 Å². The number of fused-ring (bicyclic) bond motifs is 3. The van der Waals surface area contributed by atoms with Gasteiger partial charge in [0.15, 0.2) is 0 Å². The second kappa shape index (κ2) is 10.2. The lowest BCUT2D eigenvalue weighted by molar-refractivity contribution is -0.763. The topological polar surface area (TPSA) is 79.2 Å². The number of thioether (sulfide) groups is 1. The standard InChI is InChI=1S/C25H28N4O3S/c1-4-5-6-11-16-33-25-26-23(31)22-18-12-7-9-14-20(18)28(17(2)30)24(29(22)27-25)19-13-8-10-15-21(19)32-3/h7-10,12-15,24H,4-6,11,16H2,1-3H3/p+1/t24-/m1/s1. The molecule has 0 bridgehead atoms. The van der Waals surface area contributed by atoms with Crippen molar-refractivity contribution < 1.29 is 14.2 Å². The molecule has 7 nitrogen and oxygen atoms in total. The Balaban J connectivity index is 1.88. The second-order valence-corrected chi connectivity index (χ2v) is 9.07. The third-order valence-electron chi connectivity index (χ3n) is 5.75. The number of amides is 1. The second-order valence-electron chi connectivity index (χ2n) is 7.98. The van der Waals surface area contributed by atoms with E-state index in [1.54, 1.807) is 16.7 Å². The van der Waals surface area contributed by atoms with Crippen LogP contribution in [0.1, 0.15) is 51.3 Å². The molecule has 3 aromatic rings. The first-order valence-electron chi connectivity index (χ1n) is 11.3. The lowest BCUT2D eigenvalue weighted by Gasteiger charge is -2.31. The van der Waals surface area contributed by atoms with Crippen LogP contribution in [0.15, 0.2) is 58.5 Å². The molecule has 172 valence electrons. The van der Waals surface area contributed by atoms with Crippen molar-refractivity contribution in [3.8, 4) is 17.0 Å². The summed E-state index contributed by atoms with van der Waals surface area (Å²) in [5, 5.41) is 5.38. The number of benzene rings is 2. The Hall–Kier alpha value is -3.13. The molecule has 1 aromatic heterocycles. The molecule has 4 rings (SSSR count). The Labute approximate surface area is 197 Å². The van der Waals surface area contributed by atoms with Crippen LogP contribution in [0.3, 0.4) is 0 Å². The third kappa shape index (κ3) is 4.53. The van der Waals surface area contributed by atoms with Crippen LogP contribution in [-0.4, -0.2) is 28.9 Å². The molecule has 2 heterocycles. The van der Waals surface area contributed by atoms with Gasteiger partial charge in [0.1, 0.15) is 5.75 Å². The number of rotatable bonds is 8. The molecule has 1 aliphatic heterocycles. The number of ether oxygens (including phenoxy) is 1. The predicted octanol–water partition coefficient (Wildman–Crippen LogP) is 4.32. The highest BCUT2D eigenvalue weighted by Gasteiger charge is 2.45. The number of anilines is 1. The number of H-pyrrole nitrogens is 1. The highest BCUT2D eigenvalue weighted by molar-refractivity contribution is 7.99. The van der Waals surface area contributed by atoms with Crippen molar-refractivity contribution in [3.63, 3.8) is 0 Å². The van der Waals surface area contributed by atoms with Crippen LogP contribution in [0.5, 0.6) is 5.75 Å². The van der Waals surface area contributed by atoms with E-state index < -0.39 is 6.17 Å². The van der Waals surface area contributed by atoms with Crippen LogP contribution in [0.25, 0.3) is 11.3 Å². The summed E-state index contributed by atoms with van der Waals surface area (Å²) in [4.78, 5) is 30.9. The van der Waals surface area contributed by atoms with Crippen LogP contribution >= 0.6 is 11.8 Å². The zero-order valence-electron chi connectivity index (χ0n) is 19.2. The van der Waals surface area contributed by atoms with Gasteiger partial charge in [0.05, 0.1) is 23.9 Å². The van der Waals surface area contributed by atoms with Crippen molar-refractivity contribution in [2.24, 2.45) is 0 Å². The molecule has 0 saturated carbocycles. The fourth-order valence-corrected chi connectivity index (χ4v) is 5.09. The van der Waals surface area contributed by atoms with Crippen molar-refractivity contribution in [1.82, 2.24) is 10.1 Å². The van der Waals surface area contributed by atoms with Crippen LogP contribution < -0.4 is 19.9 Å². The summed E-state index contributed by atoms with van der Waals surface area (Å²) in [6, 6.07) is 15.0. The van der Waals surface area contributed by atoms with Crippen molar-refractivity contribution in [1.29, 1.82) is 0 Å². The summed E-state index contributed by atoms with van der Waals surface area (Å²) in [6.07, 6.45) is 3.94. The van der Waals surface area contributed by atoms with E-state index in [1.165, 1.54) is 31.5 Å². The smallest absolute Gasteiger partial charge is 0.325 e. The zero-order chi connectivity index (χ0) is 23.4. The zero-order valence-corrected chi connectivity index (χ0v) is 20.0. The normalized spacial score (nSPS) is 14.5. The van der Waals surface area contributed by atoms with Gasteiger partial charge in [-0.15, -0.1) is 0 Å². The van der Waals surface area contributed by atoms with Gasteiger partial charge in [0, 0.05) is 17.8 Å². The maximum Gasteiger partial charge on any atom is 0.325 e. The van der Waals surface area contributed by atoms with Gasteiger partial charge in [0.2, 0.25) is 11.1 Å². The average Bonchev–Trinajstić information content (AvgIpc) is 2.82. The molecule has 1 atom stereocenters. The predicted molar refractivity (Wildman–Crippen MR) is 130 cm³/mol. The van der Waals surface area contributed by atoms with Gasteiger partial charge in [-0.05, 0) is 35.4 Å². The molecular weight excluding hydrogens is 436 g/mol. The SMILES string of the molecule is CCCCCCSc1n[n+]2c(c(=O)[nH]1)-c1ccccc1N(C(C)=O)[C@H]2c1ccccc1OC. The minimum Gasteiger partial charge on any atom is -0.496 e. The highest BCUT2D eigenvalue weighted by atomic mass is 32.2. The van der Waals surface area contributed by atoms with Crippen LogP contribution in [0.2, 0.25) is 0 Å². The first kappa shape index (κ1) is 23.0. The van der Waals surface area contributed by atoms with Crippen molar-refractivity contribution in [2.45, 2.75) is 50.9 Å². The van der Waals surface area contributed by atoms with Gasteiger partial charge in [0.25, 0.3) is 6.17 Å². The fraction of sp³-hybridized carbons (Fsp3) is 0.360. The molecule has 33 heavy (non-hydrogen) atoms. The molecule has 0 unspecified atom stereocenters. The molecule has 0 spiro atoms. The number of para-hydroxylation sites is 2. The lowest BCUT2D eigenvalue weighted by Crippen LogP contribution is -2.60. The summed E-state index contributed by atoms with van der Waals surface area (Å²) >= 11 is 1.53. The van der Waals surface area contributed by atoms with Crippen LogP contribution in [-0.2, 0) is 4.79 Å². The Morgan fingerprint density at radius 1 is 1.15 bits per heavy atom. The van der Waals surface area contributed by atoms with E-state index in [1.807, 2.05) is 48.5 Å². The number of unbranched alkanes of at least 4 members (excludes halogenated alkanes) is 3. The van der Waals surface area contributed by atoms with E-state index in [-0.39, 0.29) is 11.5 Å². The minimum absolute atomic E-state index is 0.146. The number of nitrogens with one attached hydrogen (secondary N) is 1. The number of nitrogens with zero attached hydrogens (tertiary/aromatic N) is 3. The molecule has 1 N–H and O–H groups in total. The number of aromatic amines is 1. The van der Waals surface area contributed by atoms with Gasteiger partial charge >= 0.3 is 11.3 Å². The Bertz CT molecular complexity index is 1210. The van der Waals surface area contributed by atoms with E-state index in [9.17, 15) is 9.59 Å². The maximum absolute atomic E-state index is 13.3. The average molecular weight is 466 g/mol. The summed E-state index contributed by atoms with van der Waals surface area (Å²) in [5.41, 5.74) is 2.30. The van der Waals surface area contributed by atoms with Gasteiger partial charge in [-0.25, -0.2) is 4.90 Å². The van der Waals surface area contributed by atoms with E-state index in [0.29, 0.717) is 27.9 Å². The number of carbonyl (C=O) groups is 1. The van der Waals surface area contributed by atoms with E-state index in [0.717, 1.165) is 24.2 Å². The number of methoxy groups -OCH3 is 1. The minimum atomic E-state index is -0.648. The van der Waals surface area contributed by atoms with Crippen LogP contribution in [0.4, 0.5) is 5.69 Å². The number of carbonyl (C=O) groups excluding carboxylic acids is 1. The Morgan fingerprint density at radius 3 is 2.67 bits per heavy atom. The molecule has 0 radical (unpaired) electrons. The third-order valence-corrected chi connectivity index (χ3v) is 6.70. The van der Waals surface area contributed by atoms with E-state index >= 15 is 0 Å². The van der Waals surface area contributed by atoms with Gasteiger partial charge in [-0.2, -0.15) is 0 Å².